The largest absolute Gasteiger partial charge is 0.503 e. The first-order chi connectivity index (χ1) is 7.75. The zero-order valence-corrected chi connectivity index (χ0v) is 9.00. The van der Waals surface area contributed by atoms with Crippen LogP contribution < -0.4 is 4.57 Å². The van der Waals surface area contributed by atoms with Gasteiger partial charge in [0, 0.05) is 19.2 Å². The lowest BCUT2D eigenvalue weighted by Gasteiger charge is -2.25. The molecule has 0 unspecified atom stereocenters. The Kier molecular flexibility index (Phi) is 3.36. The van der Waals surface area contributed by atoms with E-state index in [1.54, 1.807) is 34.0 Å². The van der Waals surface area contributed by atoms with Crippen LogP contribution in [-0.2, 0) is 16.1 Å². The third-order valence-corrected chi connectivity index (χ3v) is 2.52. The Hall–Kier alpha value is -1.62. The number of rotatable bonds is 2. The quantitative estimate of drug-likeness (QED) is 0.690. The third kappa shape index (κ3) is 2.70. The van der Waals surface area contributed by atoms with Crippen LogP contribution in [-0.4, -0.2) is 42.2 Å². The molecule has 0 aliphatic carbocycles. The van der Waals surface area contributed by atoms with E-state index < -0.39 is 0 Å². The molecule has 16 heavy (non-hydrogen) atoms. The fourth-order valence-electron chi connectivity index (χ4n) is 1.68. The Labute approximate surface area is 93.9 Å². The van der Waals surface area contributed by atoms with Gasteiger partial charge in [0.1, 0.15) is 0 Å². The van der Waals surface area contributed by atoms with Crippen LogP contribution in [0.4, 0.5) is 0 Å². The predicted octanol–water partition coefficient (Wildman–Crippen LogP) is -0.462. The van der Waals surface area contributed by atoms with Crippen molar-refractivity contribution in [1.82, 2.24) is 4.90 Å². The SMILES string of the molecule is O=C(C[n+]1cccc(O)c1)N1CCOCC1. The molecule has 1 aromatic rings. The van der Waals surface area contributed by atoms with Gasteiger partial charge in [-0.2, -0.15) is 4.57 Å². The number of aromatic hydroxyl groups is 1. The molecule has 0 atom stereocenters. The molecular formula is C11H15N2O3+. The first kappa shape index (κ1) is 10.9. The summed E-state index contributed by atoms with van der Waals surface area (Å²) in [6.07, 6.45) is 3.30. The van der Waals surface area contributed by atoms with E-state index in [1.807, 2.05) is 0 Å². The van der Waals surface area contributed by atoms with Crippen molar-refractivity contribution >= 4 is 5.91 Å². The summed E-state index contributed by atoms with van der Waals surface area (Å²) in [5.74, 6) is 0.219. The van der Waals surface area contributed by atoms with E-state index in [0.29, 0.717) is 26.3 Å². The highest BCUT2D eigenvalue weighted by molar-refractivity contribution is 5.74. The minimum atomic E-state index is 0.0545. The fourth-order valence-corrected chi connectivity index (χ4v) is 1.68. The number of morpholine rings is 1. The Morgan fingerprint density at radius 3 is 2.94 bits per heavy atom. The smallest absolute Gasteiger partial charge is 0.288 e. The van der Waals surface area contributed by atoms with Crippen LogP contribution >= 0.6 is 0 Å². The van der Waals surface area contributed by atoms with Gasteiger partial charge in [-0.05, 0) is 6.07 Å². The zero-order valence-electron chi connectivity index (χ0n) is 9.00. The molecule has 86 valence electrons. The molecule has 0 radical (unpaired) electrons. The van der Waals surface area contributed by atoms with Crippen LogP contribution in [0.2, 0.25) is 0 Å². The van der Waals surface area contributed by atoms with E-state index in [2.05, 4.69) is 0 Å². The van der Waals surface area contributed by atoms with Gasteiger partial charge in [-0.1, -0.05) is 0 Å². The van der Waals surface area contributed by atoms with Gasteiger partial charge in [0.25, 0.3) is 5.91 Å². The molecule has 1 amide bonds. The predicted molar refractivity (Wildman–Crippen MR) is 55.7 cm³/mol. The van der Waals surface area contributed by atoms with E-state index in [9.17, 15) is 9.90 Å². The van der Waals surface area contributed by atoms with E-state index in [4.69, 9.17) is 4.74 Å². The number of amides is 1. The number of ether oxygens (including phenoxy) is 1. The van der Waals surface area contributed by atoms with Crippen molar-refractivity contribution in [2.75, 3.05) is 26.3 Å². The van der Waals surface area contributed by atoms with Gasteiger partial charge in [-0.15, -0.1) is 0 Å². The fraction of sp³-hybridized carbons (Fsp3) is 0.455. The van der Waals surface area contributed by atoms with Crippen LogP contribution in [0.5, 0.6) is 5.75 Å². The van der Waals surface area contributed by atoms with Crippen molar-refractivity contribution in [3.05, 3.63) is 24.5 Å². The van der Waals surface area contributed by atoms with Gasteiger partial charge < -0.3 is 14.7 Å². The van der Waals surface area contributed by atoms with Gasteiger partial charge in [0.2, 0.25) is 12.7 Å². The molecule has 1 saturated heterocycles. The molecular weight excluding hydrogens is 208 g/mol. The summed E-state index contributed by atoms with van der Waals surface area (Å²) in [4.78, 5) is 13.6. The summed E-state index contributed by atoms with van der Waals surface area (Å²) < 4.78 is 6.85. The Bertz CT molecular complexity index is 375. The van der Waals surface area contributed by atoms with E-state index in [1.165, 1.54) is 0 Å². The molecule has 2 heterocycles. The molecule has 5 nitrogen and oxygen atoms in total. The Balaban J connectivity index is 1.96. The van der Waals surface area contributed by atoms with Gasteiger partial charge in [-0.25, -0.2) is 0 Å². The lowest BCUT2D eigenvalue weighted by atomic mass is 10.4. The maximum absolute atomic E-state index is 11.8. The van der Waals surface area contributed by atoms with Crippen LogP contribution in [0.25, 0.3) is 0 Å². The summed E-state index contributed by atoms with van der Waals surface area (Å²) in [6.45, 7) is 2.78. The third-order valence-electron chi connectivity index (χ3n) is 2.52. The molecule has 1 fully saturated rings. The second-order valence-corrected chi connectivity index (χ2v) is 3.73. The molecule has 1 aliphatic rings. The maximum atomic E-state index is 11.8. The monoisotopic (exact) mass is 223 g/mol. The number of nitrogens with zero attached hydrogens (tertiary/aromatic N) is 2. The molecule has 2 rings (SSSR count). The molecule has 0 saturated carbocycles. The van der Waals surface area contributed by atoms with Crippen molar-refractivity contribution in [3.8, 4) is 5.75 Å². The summed E-state index contributed by atoms with van der Waals surface area (Å²) >= 11 is 0. The summed E-state index contributed by atoms with van der Waals surface area (Å²) in [5, 5.41) is 9.27. The van der Waals surface area contributed by atoms with E-state index in [-0.39, 0.29) is 18.2 Å². The minimum Gasteiger partial charge on any atom is -0.503 e. The molecule has 1 N–H and O–H groups in total. The van der Waals surface area contributed by atoms with Gasteiger partial charge >= 0.3 is 0 Å². The second kappa shape index (κ2) is 4.94. The van der Waals surface area contributed by atoms with Gasteiger partial charge in [0.15, 0.2) is 11.9 Å². The molecule has 5 heteroatoms. The van der Waals surface area contributed by atoms with Gasteiger partial charge in [0.05, 0.1) is 13.2 Å². The standard InChI is InChI=1S/C11H14N2O3/c14-10-2-1-3-12(8-10)9-11(15)13-4-6-16-7-5-13/h1-3,8H,4-7,9H2/p+1. The van der Waals surface area contributed by atoms with Crippen LogP contribution in [0, 0.1) is 0 Å². The van der Waals surface area contributed by atoms with Crippen molar-refractivity contribution in [1.29, 1.82) is 0 Å². The maximum Gasteiger partial charge on any atom is 0.288 e. The minimum absolute atomic E-state index is 0.0545. The van der Waals surface area contributed by atoms with Crippen molar-refractivity contribution in [2.45, 2.75) is 6.54 Å². The summed E-state index contributed by atoms with van der Waals surface area (Å²) in [5.41, 5.74) is 0. The lowest BCUT2D eigenvalue weighted by molar-refractivity contribution is -0.685. The highest BCUT2D eigenvalue weighted by Gasteiger charge is 2.20. The average Bonchev–Trinajstić information content (AvgIpc) is 2.30. The average molecular weight is 223 g/mol. The van der Waals surface area contributed by atoms with Crippen molar-refractivity contribution in [3.63, 3.8) is 0 Å². The summed E-state index contributed by atoms with van der Waals surface area (Å²) in [6, 6.07) is 3.29. The molecule has 1 aromatic heterocycles. The number of pyridine rings is 1. The number of hydrogen-bond acceptors (Lipinski definition) is 3. The number of carbonyl (C=O) groups excluding carboxylic acids is 1. The molecule has 1 aliphatic heterocycles. The Morgan fingerprint density at radius 1 is 1.50 bits per heavy atom. The molecule has 0 bridgehead atoms. The highest BCUT2D eigenvalue weighted by atomic mass is 16.5. The normalized spacial score (nSPS) is 16.1. The second-order valence-electron chi connectivity index (χ2n) is 3.73. The number of carbonyl (C=O) groups is 1. The number of hydrogen-bond donors (Lipinski definition) is 1. The van der Waals surface area contributed by atoms with Crippen LogP contribution in [0.1, 0.15) is 0 Å². The van der Waals surface area contributed by atoms with E-state index in [0.717, 1.165) is 0 Å². The lowest BCUT2D eigenvalue weighted by Crippen LogP contribution is -2.48. The molecule has 0 spiro atoms. The van der Waals surface area contributed by atoms with Crippen molar-refractivity contribution < 1.29 is 19.2 Å². The topological polar surface area (TPSA) is 53.7 Å². The van der Waals surface area contributed by atoms with Crippen LogP contribution in [0.3, 0.4) is 0 Å². The first-order valence-corrected chi connectivity index (χ1v) is 5.29. The highest BCUT2D eigenvalue weighted by Crippen LogP contribution is 2.01. The Morgan fingerprint density at radius 2 is 2.25 bits per heavy atom. The van der Waals surface area contributed by atoms with Crippen molar-refractivity contribution in [2.24, 2.45) is 0 Å². The summed E-state index contributed by atoms with van der Waals surface area (Å²) in [7, 11) is 0. The first-order valence-electron chi connectivity index (χ1n) is 5.29. The zero-order chi connectivity index (χ0) is 11.4. The van der Waals surface area contributed by atoms with E-state index >= 15 is 0 Å². The number of aromatic nitrogens is 1. The van der Waals surface area contributed by atoms with Crippen LogP contribution in [0.15, 0.2) is 24.5 Å². The van der Waals surface area contributed by atoms with Gasteiger partial charge in [-0.3, -0.25) is 4.79 Å². The molecule has 0 aromatic carbocycles.